The van der Waals surface area contributed by atoms with Gasteiger partial charge in [0, 0.05) is 6.42 Å². The van der Waals surface area contributed by atoms with Crippen LogP contribution in [0, 0.1) is 0 Å². The Bertz CT molecular complexity index is 629. The van der Waals surface area contributed by atoms with Crippen molar-refractivity contribution < 1.29 is 18.8 Å². The molecule has 0 N–H and O–H groups in total. The molecule has 36 heavy (non-hydrogen) atoms. The van der Waals surface area contributed by atoms with Crippen LogP contribution in [0.2, 0.25) is 0 Å². The van der Waals surface area contributed by atoms with Crippen LogP contribution in [0.4, 0.5) is 0 Å². The third-order valence-corrected chi connectivity index (χ3v) is 6.88. The highest BCUT2D eigenvalue weighted by atomic mass is 16.5. The van der Waals surface area contributed by atoms with Crippen LogP contribution in [0.1, 0.15) is 137 Å². The second-order valence-corrected chi connectivity index (χ2v) is 11.7. The molecule has 4 heteroatoms. The second-order valence-electron chi connectivity index (χ2n) is 11.7. The van der Waals surface area contributed by atoms with Crippen LogP contribution in [0.5, 0.6) is 0 Å². The summed E-state index contributed by atoms with van der Waals surface area (Å²) in [6.45, 7) is 9.88. The van der Waals surface area contributed by atoms with E-state index in [1.807, 2.05) is 20.2 Å². The van der Waals surface area contributed by atoms with E-state index in [-0.39, 0.29) is 5.97 Å². The number of carbonyl (C=O) groups is 2. The normalized spacial score (nSPS) is 12.0. The lowest BCUT2D eigenvalue weighted by molar-refractivity contribution is -0.882. The number of hydrogen-bond acceptors (Lipinski definition) is 3. The van der Waals surface area contributed by atoms with Crippen LogP contribution < -0.4 is 0 Å². The Morgan fingerprint density at radius 1 is 0.694 bits per heavy atom. The first kappa shape index (κ1) is 34.6. The van der Waals surface area contributed by atoms with Crippen molar-refractivity contribution in [3.05, 3.63) is 23.3 Å². The van der Waals surface area contributed by atoms with Gasteiger partial charge in [-0.3, -0.25) is 4.79 Å². The van der Waals surface area contributed by atoms with Crippen molar-refractivity contribution in [2.45, 2.75) is 137 Å². The predicted octanol–water partition coefficient (Wildman–Crippen LogP) is 8.74. The van der Waals surface area contributed by atoms with E-state index in [9.17, 15) is 9.59 Å². The molecule has 0 aromatic rings. The summed E-state index contributed by atoms with van der Waals surface area (Å²) in [6, 6.07) is 0. The van der Waals surface area contributed by atoms with Gasteiger partial charge in [0.05, 0.1) is 27.1 Å². The van der Waals surface area contributed by atoms with Crippen LogP contribution in [-0.2, 0) is 14.3 Å². The van der Waals surface area contributed by atoms with Crippen molar-refractivity contribution in [2.24, 2.45) is 0 Å². The van der Waals surface area contributed by atoms with E-state index in [1.54, 1.807) is 0 Å². The molecule has 0 aliphatic rings. The number of rotatable bonds is 24. The molecule has 0 aromatic carbocycles. The minimum absolute atomic E-state index is 0.197. The molecule has 0 aliphatic carbocycles. The monoisotopic (exact) mass is 506 g/mol. The van der Waals surface area contributed by atoms with Gasteiger partial charge in [0.15, 0.2) is 6.54 Å². The van der Waals surface area contributed by atoms with Gasteiger partial charge in [0.1, 0.15) is 12.4 Å². The van der Waals surface area contributed by atoms with E-state index >= 15 is 0 Å². The Morgan fingerprint density at radius 3 is 1.75 bits per heavy atom. The molecule has 0 saturated heterocycles. The molecule has 0 unspecified atom stereocenters. The fourth-order valence-electron chi connectivity index (χ4n) is 4.33. The Hall–Kier alpha value is -1.42. The largest absolute Gasteiger partial charge is 0.457 e. The summed E-state index contributed by atoms with van der Waals surface area (Å²) in [5.41, 5.74) is 2.57. The molecule has 0 bridgehead atoms. The highest BCUT2D eigenvalue weighted by Crippen LogP contribution is 2.13. The SMILES string of the molecule is CCCCCCCCCCCCCCCC(=O)CC[N+](C)(C)CC(=O)OCC=C(C)CCC=C(C)C. The predicted molar refractivity (Wildman–Crippen MR) is 155 cm³/mol. The first-order chi connectivity index (χ1) is 17.2. The molecule has 0 aromatic heterocycles. The summed E-state index contributed by atoms with van der Waals surface area (Å²) in [4.78, 5) is 24.5. The molecule has 0 radical (unpaired) electrons. The zero-order chi connectivity index (χ0) is 27.1. The number of quaternary nitrogens is 1. The van der Waals surface area contributed by atoms with E-state index in [2.05, 4.69) is 33.8 Å². The van der Waals surface area contributed by atoms with Gasteiger partial charge in [0.25, 0.3) is 0 Å². The highest BCUT2D eigenvalue weighted by molar-refractivity contribution is 5.78. The zero-order valence-electron chi connectivity index (χ0n) is 25.0. The van der Waals surface area contributed by atoms with Crippen molar-refractivity contribution in [3.63, 3.8) is 0 Å². The quantitative estimate of drug-likeness (QED) is 0.0569. The lowest BCUT2D eigenvalue weighted by Gasteiger charge is -2.28. The smallest absolute Gasteiger partial charge is 0.362 e. The number of carbonyl (C=O) groups excluding carboxylic acids is 2. The van der Waals surface area contributed by atoms with Crippen molar-refractivity contribution in [3.8, 4) is 0 Å². The fraction of sp³-hybridized carbons (Fsp3) is 0.812. The lowest BCUT2D eigenvalue weighted by atomic mass is 10.0. The van der Waals surface area contributed by atoms with E-state index < -0.39 is 0 Å². The third-order valence-electron chi connectivity index (χ3n) is 6.88. The van der Waals surface area contributed by atoms with Gasteiger partial charge in [-0.05, 0) is 46.1 Å². The number of ether oxygens (including phenoxy) is 1. The number of unbranched alkanes of at least 4 members (excludes halogenated alkanes) is 12. The number of allylic oxidation sites excluding steroid dienone is 3. The van der Waals surface area contributed by atoms with Gasteiger partial charge in [-0.25, -0.2) is 4.79 Å². The fourth-order valence-corrected chi connectivity index (χ4v) is 4.33. The molecular weight excluding hydrogens is 446 g/mol. The molecule has 0 atom stereocenters. The molecule has 0 spiro atoms. The molecule has 210 valence electrons. The summed E-state index contributed by atoms with van der Waals surface area (Å²) < 4.78 is 5.90. The second kappa shape index (κ2) is 22.8. The van der Waals surface area contributed by atoms with E-state index in [4.69, 9.17) is 4.74 Å². The van der Waals surface area contributed by atoms with Crippen LogP contribution in [0.25, 0.3) is 0 Å². The van der Waals surface area contributed by atoms with Crippen LogP contribution in [-0.4, -0.2) is 50.0 Å². The van der Waals surface area contributed by atoms with Gasteiger partial charge >= 0.3 is 5.97 Å². The Balaban J connectivity index is 3.77. The molecule has 0 heterocycles. The number of nitrogens with zero attached hydrogens (tertiary/aromatic N) is 1. The van der Waals surface area contributed by atoms with Crippen LogP contribution in [0.15, 0.2) is 23.3 Å². The average molecular weight is 507 g/mol. The maximum absolute atomic E-state index is 12.3. The summed E-state index contributed by atoms with van der Waals surface area (Å²) in [5, 5.41) is 0. The van der Waals surface area contributed by atoms with Gasteiger partial charge < -0.3 is 9.22 Å². The highest BCUT2D eigenvalue weighted by Gasteiger charge is 2.22. The summed E-state index contributed by atoms with van der Waals surface area (Å²) in [7, 11) is 4.00. The summed E-state index contributed by atoms with van der Waals surface area (Å²) >= 11 is 0. The molecule has 0 rings (SSSR count). The topological polar surface area (TPSA) is 43.4 Å². The molecule has 0 saturated carbocycles. The zero-order valence-corrected chi connectivity index (χ0v) is 25.0. The van der Waals surface area contributed by atoms with Gasteiger partial charge in [-0.2, -0.15) is 0 Å². The van der Waals surface area contributed by atoms with Crippen molar-refractivity contribution >= 4 is 11.8 Å². The number of Topliss-reactive ketones (excluding diaryl/α,β-unsaturated/α-hetero) is 1. The van der Waals surface area contributed by atoms with Crippen molar-refractivity contribution in [2.75, 3.05) is 33.8 Å². The summed E-state index contributed by atoms with van der Waals surface area (Å²) in [5.74, 6) is 0.129. The molecular formula is C32H60NO3+. The van der Waals surface area contributed by atoms with E-state index in [1.165, 1.54) is 81.8 Å². The van der Waals surface area contributed by atoms with Crippen molar-refractivity contribution in [1.29, 1.82) is 0 Å². The molecule has 4 nitrogen and oxygen atoms in total. The standard InChI is InChI=1S/C32H60NO3/c1-7-8-9-10-11-12-13-14-15-16-17-18-19-23-31(34)24-26-33(5,6)28-32(35)36-27-25-30(4)22-20-21-29(2)3/h21,25H,7-20,22-24,26-28H2,1-6H3/q+1. The van der Waals surface area contributed by atoms with E-state index in [0.717, 1.165) is 25.7 Å². The van der Waals surface area contributed by atoms with Crippen LogP contribution >= 0.6 is 0 Å². The maximum Gasteiger partial charge on any atom is 0.362 e. The Kier molecular flexibility index (Phi) is 21.9. The lowest BCUT2D eigenvalue weighted by Crippen LogP contribution is -2.45. The van der Waals surface area contributed by atoms with Gasteiger partial charge in [-0.1, -0.05) is 101 Å². The maximum atomic E-state index is 12.3. The minimum atomic E-state index is -0.197. The van der Waals surface area contributed by atoms with Gasteiger partial charge in [0.2, 0.25) is 0 Å². The number of hydrogen-bond donors (Lipinski definition) is 0. The number of ketones is 1. The summed E-state index contributed by atoms with van der Waals surface area (Å²) in [6.07, 6.45) is 24.6. The van der Waals surface area contributed by atoms with Gasteiger partial charge in [-0.15, -0.1) is 0 Å². The first-order valence-corrected chi connectivity index (χ1v) is 14.9. The van der Waals surface area contributed by atoms with Crippen molar-refractivity contribution in [1.82, 2.24) is 0 Å². The average Bonchev–Trinajstić information content (AvgIpc) is 2.80. The van der Waals surface area contributed by atoms with E-state index in [0.29, 0.717) is 42.8 Å². The Morgan fingerprint density at radius 2 is 1.22 bits per heavy atom. The first-order valence-electron chi connectivity index (χ1n) is 14.9. The molecule has 0 amide bonds. The number of likely N-dealkylation sites (N-methyl/N-ethyl adjacent to an activating group) is 1. The molecule has 0 aliphatic heterocycles. The number of esters is 1. The Labute approximate surface area is 224 Å². The van der Waals surface area contributed by atoms with Crippen LogP contribution in [0.3, 0.4) is 0 Å². The minimum Gasteiger partial charge on any atom is -0.457 e. The molecule has 0 fully saturated rings. The third kappa shape index (κ3) is 24.3.